The molecule has 86 valence electrons. The van der Waals surface area contributed by atoms with Crippen molar-refractivity contribution >= 4 is 12.4 Å². The lowest BCUT2D eigenvalue weighted by Crippen LogP contribution is -3.00. The van der Waals surface area contributed by atoms with E-state index in [1.54, 1.807) is 0 Å². The molecule has 15 heavy (non-hydrogen) atoms. The zero-order valence-corrected chi connectivity index (χ0v) is 9.98. The maximum absolute atomic E-state index is 5.76. The Morgan fingerprint density at radius 2 is 2.00 bits per heavy atom. The number of aromatic amines is 1. The van der Waals surface area contributed by atoms with Gasteiger partial charge in [-0.1, -0.05) is 0 Å². The molecule has 2 heterocycles. The van der Waals surface area contributed by atoms with E-state index >= 15 is 0 Å². The van der Waals surface area contributed by atoms with Gasteiger partial charge in [-0.05, 0) is 32.0 Å². The molecule has 2 N–H and O–H groups in total. The van der Waals surface area contributed by atoms with E-state index in [1.807, 2.05) is 24.4 Å². The summed E-state index contributed by atoms with van der Waals surface area (Å²) < 4.78 is 5.76. The molecule has 1 aromatic rings. The number of hydrogen-bond donors (Lipinski definition) is 1. The van der Waals surface area contributed by atoms with Gasteiger partial charge in [0, 0.05) is 6.07 Å². The summed E-state index contributed by atoms with van der Waals surface area (Å²) in [7, 11) is 0. The van der Waals surface area contributed by atoms with Gasteiger partial charge in [0.2, 0.25) is 0 Å². The summed E-state index contributed by atoms with van der Waals surface area (Å²) in [5.41, 5.74) is 0. The quantitative estimate of drug-likeness (QED) is 0.663. The van der Waals surface area contributed by atoms with E-state index in [0.29, 0.717) is 6.10 Å². The van der Waals surface area contributed by atoms with Gasteiger partial charge in [-0.15, -0.1) is 12.4 Å². The van der Waals surface area contributed by atoms with Crippen molar-refractivity contribution in [3.63, 3.8) is 0 Å². The summed E-state index contributed by atoms with van der Waals surface area (Å²) in [5.74, 6) is 0.870. The molecule has 1 aromatic heterocycles. The van der Waals surface area contributed by atoms with Crippen LogP contribution < -0.4 is 27.4 Å². The molecule has 0 saturated carbocycles. The van der Waals surface area contributed by atoms with Crippen LogP contribution in [0, 0.1) is 0 Å². The highest BCUT2D eigenvalue weighted by Crippen LogP contribution is 2.10. The van der Waals surface area contributed by atoms with Crippen molar-refractivity contribution in [1.82, 2.24) is 5.32 Å². The van der Waals surface area contributed by atoms with E-state index in [9.17, 15) is 0 Å². The van der Waals surface area contributed by atoms with Gasteiger partial charge in [-0.2, -0.15) is 4.98 Å². The standard InChI is InChI=1S/C10H14N2O.2ClH/c1-2-6-12-10(3-1)13-9-4-7-11-8-5-9;;/h1-3,6,9,11H,4-5,7-8H2;2*1H. The van der Waals surface area contributed by atoms with Crippen molar-refractivity contribution in [3.8, 4) is 5.88 Å². The van der Waals surface area contributed by atoms with Crippen molar-refractivity contribution in [2.75, 3.05) is 13.1 Å². The predicted molar refractivity (Wildman–Crippen MR) is 56.8 cm³/mol. The Kier molecular flexibility index (Phi) is 7.48. The molecule has 1 aliphatic heterocycles. The van der Waals surface area contributed by atoms with Crippen LogP contribution in [0.3, 0.4) is 0 Å². The molecule has 1 fully saturated rings. The normalized spacial score (nSPS) is 16.0. The minimum atomic E-state index is 0. The largest absolute Gasteiger partial charge is 1.00 e. The van der Waals surface area contributed by atoms with Crippen molar-refractivity contribution in [1.29, 1.82) is 0 Å². The molecule has 0 radical (unpaired) electrons. The zero-order valence-electron chi connectivity index (χ0n) is 8.41. The SMILES string of the molecule is Cl.[Cl-].c1ccc(OC2CCNCC2)[nH+]c1. The van der Waals surface area contributed by atoms with E-state index in [2.05, 4.69) is 10.3 Å². The van der Waals surface area contributed by atoms with E-state index in [-0.39, 0.29) is 24.8 Å². The number of rotatable bonds is 2. The summed E-state index contributed by atoms with van der Waals surface area (Å²) in [5, 5.41) is 3.31. The maximum atomic E-state index is 5.76. The predicted octanol–water partition coefficient (Wildman–Crippen LogP) is -1.94. The van der Waals surface area contributed by atoms with Crippen LogP contribution in [0.4, 0.5) is 0 Å². The third kappa shape index (κ3) is 4.69. The number of nitrogens with one attached hydrogen (secondary N) is 2. The average molecular weight is 251 g/mol. The second kappa shape index (κ2) is 7.74. The van der Waals surface area contributed by atoms with Gasteiger partial charge in [-0.3, -0.25) is 0 Å². The lowest BCUT2D eigenvalue weighted by Gasteiger charge is -2.21. The second-order valence-corrected chi connectivity index (χ2v) is 3.29. The van der Waals surface area contributed by atoms with Gasteiger partial charge in [0.25, 0.3) is 0 Å². The Balaban J connectivity index is 0.000000980. The molecule has 1 saturated heterocycles. The van der Waals surface area contributed by atoms with Crippen molar-refractivity contribution in [3.05, 3.63) is 24.4 Å². The van der Waals surface area contributed by atoms with Crippen LogP contribution in [0.15, 0.2) is 24.4 Å². The van der Waals surface area contributed by atoms with Gasteiger partial charge in [0.05, 0.1) is 6.07 Å². The molecule has 0 atom stereocenters. The van der Waals surface area contributed by atoms with Gasteiger partial charge in [0.1, 0.15) is 6.10 Å². The molecule has 0 amide bonds. The number of pyridine rings is 1. The van der Waals surface area contributed by atoms with Gasteiger partial charge >= 0.3 is 5.88 Å². The molecule has 5 heteroatoms. The Morgan fingerprint density at radius 1 is 1.27 bits per heavy atom. The zero-order chi connectivity index (χ0) is 8.93. The first-order valence-corrected chi connectivity index (χ1v) is 4.79. The van der Waals surface area contributed by atoms with Gasteiger partial charge in [0.15, 0.2) is 6.20 Å². The summed E-state index contributed by atoms with van der Waals surface area (Å²) in [6.07, 6.45) is 4.46. The van der Waals surface area contributed by atoms with E-state index in [1.165, 1.54) is 0 Å². The molecule has 0 aromatic carbocycles. The fourth-order valence-electron chi connectivity index (χ4n) is 1.54. The third-order valence-corrected chi connectivity index (χ3v) is 2.26. The molecule has 0 spiro atoms. The lowest BCUT2D eigenvalue weighted by atomic mass is 10.1. The summed E-state index contributed by atoms with van der Waals surface area (Å²) >= 11 is 0. The first-order chi connectivity index (χ1) is 6.45. The molecular formula is C10H16Cl2N2O. The topological polar surface area (TPSA) is 35.4 Å². The summed E-state index contributed by atoms with van der Waals surface area (Å²) in [6, 6.07) is 5.89. The van der Waals surface area contributed by atoms with Crippen LogP contribution in [0.1, 0.15) is 12.8 Å². The fourth-order valence-corrected chi connectivity index (χ4v) is 1.54. The summed E-state index contributed by atoms with van der Waals surface area (Å²) in [4.78, 5) is 3.07. The van der Waals surface area contributed by atoms with Crippen LogP contribution in [-0.4, -0.2) is 19.2 Å². The minimum Gasteiger partial charge on any atom is -1.00 e. The number of halogens is 2. The van der Waals surface area contributed by atoms with Crippen molar-refractivity contribution in [2.45, 2.75) is 18.9 Å². The smallest absolute Gasteiger partial charge is 0.366 e. The van der Waals surface area contributed by atoms with Crippen LogP contribution >= 0.6 is 12.4 Å². The average Bonchev–Trinajstić information content (AvgIpc) is 2.21. The summed E-state index contributed by atoms with van der Waals surface area (Å²) in [6.45, 7) is 2.13. The molecule has 0 bridgehead atoms. The Morgan fingerprint density at radius 3 is 2.60 bits per heavy atom. The number of ether oxygens (including phenoxy) is 1. The van der Waals surface area contributed by atoms with E-state index in [4.69, 9.17) is 4.74 Å². The molecule has 3 nitrogen and oxygen atoms in total. The molecular weight excluding hydrogens is 235 g/mol. The Bertz CT molecular complexity index is 253. The monoisotopic (exact) mass is 250 g/mol. The van der Waals surface area contributed by atoms with Crippen LogP contribution in [0.2, 0.25) is 0 Å². The highest BCUT2D eigenvalue weighted by atomic mass is 35.5. The molecule has 0 aliphatic carbocycles. The minimum absolute atomic E-state index is 0. The van der Waals surface area contributed by atoms with Crippen LogP contribution in [0.25, 0.3) is 0 Å². The maximum Gasteiger partial charge on any atom is 0.366 e. The number of hydrogen-bond acceptors (Lipinski definition) is 2. The van der Waals surface area contributed by atoms with Crippen LogP contribution in [-0.2, 0) is 0 Å². The van der Waals surface area contributed by atoms with Gasteiger partial charge < -0.3 is 22.5 Å². The molecule has 2 rings (SSSR count). The van der Waals surface area contributed by atoms with E-state index < -0.39 is 0 Å². The first kappa shape index (κ1) is 14.5. The number of aromatic nitrogens is 1. The Hall–Kier alpha value is -0.510. The number of H-pyrrole nitrogens is 1. The highest BCUT2D eigenvalue weighted by molar-refractivity contribution is 5.85. The van der Waals surface area contributed by atoms with E-state index in [0.717, 1.165) is 31.8 Å². The second-order valence-electron chi connectivity index (χ2n) is 3.29. The fraction of sp³-hybridized carbons (Fsp3) is 0.500. The Labute approximate surface area is 102 Å². The lowest BCUT2D eigenvalue weighted by molar-refractivity contribution is -0.397. The number of piperidine rings is 1. The first-order valence-electron chi connectivity index (χ1n) is 4.79. The third-order valence-electron chi connectivity index (χ3n) is 2.26. The molecule has 1 aliphatic rings. The van der Waals surface area contributed by atoms with Gasteiger partial charge in [-0.25, -0.2) is 0 Å². The molecule has 0 unspecified atom stereocenters. The van der Waals surface area contributed by atoms with Crippen molar-refractivity contribution < 1.29 is 22.1 Å². The highest BCUT2D eigenvalue weighted by Gasteiger charge is 2.16. The van der Waals surface area contributed by atoms with Crippen molar-refractivity contribution in [2.24, 2.45) is 0 Å². The van der Waals surface area contributed by atoms with Crippen LogP contribution in [0.5, 0.6) is 5.88 Å².